The number of sulfonamides is 1. The Balaban J connectivity index is 2.05. The summed E-state index contributed by atoms with van der Waals surface area (Å²) in [5.41, 5.74) is -0.724. The molecule has 2 aliphatic rings. The van der Waals surface area contributed by atoms with Crippen molar-refractivity contribution in [1.82, 2.24) is 4.31 Å². The van der Waals surface area contributed by atoms with E-state index in [0.717, 1.165) is 12.8 Å². The highest BCUT2D eigenvalue weighted by molar-refractivity contribution is 7.90. The summed E-state index contributed by atoms with van der Waals surface area (Å²) >= 11 is 0. The summed E-state index contributed by atoms with van der Waals surface area (Å²) in [5, 5.41) is 10.0. The number of nitrogens with zero attached hydrogens (tertiary/aromatic N) is 1. The van der Waals surface area contributed by atoms with Crippen LogP contribution in [0.15, 0.2) is 0 Å². The zero-order valence-corrected chi connectivity index (χ0v) is 10.3. The topological polar surface area (TPSA) is 57.6 Å². The molecule has 1 aliphatic heterocycles. The minimum absolute atomic E-state index is 0.289. The lowest BCUT2D eigenvalue weighted by atomic mass is 9.91. The Morgan fingerprint density at radius 3 is 2.07 bits per heavy atom. The average Bonchev–Trinajstić information content (AvgIpc) is 2.77. The van der Waals surface area contributed by atoms with E-state index in [1.54, 1.807) is 20.8 Å². The van der Waals surface area contributed by atoms with Crippen LogP contribution in [0.2, 0.25) is 0 Å². The molecule has 0 aromatic carbocycles. The number of hydrogen-bond donors (Lipinski definition) is 1. The second-order valence-corrected chi connectivity index (χ2v) is 8.45. The van der Waals surface area contributed by atoms with Crippen molar-refractivity contribution in [2.45, 2.75) is 44.0 Å². The number of hydrogen-bond acceptors (Lipinski definition) is 3. The molecule has 4 nitrogen and oxygen atoms in total. The van der Waals surface area contributed by atoms with Gasteiger partial charge in [-0.15, -0.1) is 0 Å². The maximum Gasteiger partial charge on any atom is 0.219 e. The number of rotatable bonds is 2. The van der Waals surface area contributed by atoms with Crippen LogP contribution in [0.3, 0.4) is 0 Å². The first-order valence-electron chi connectivity index (χ1n) is 5.39. The number of aliphatic hydroxyl groups is 1. The molecular weight excluding hydrogens is 214 g/mol. The summed E-state index contributed by atoms with van der Waals surface area (Å²) < 4.78 is 24.6. The Labute approximate surface area is 91.3 Å². The molecule has 0 atom stereocenters. The molecule has 0 aromatic heterocycles. The van der Waals surface area contributed by atoms with E-state index in [1.165, 1.54) is 4.31 Å². The van der Waals surface area contributed by atoms with Crippen LogP contribution < -0.4 is 0 Å². The van der Waals surface area contributed by atoms with Gasteiger partial charge in [0.05, 0.1) is 10.3 Å². The van der Waals surface area contributed by atoms with Crippen LogP contribution in [0.4, 0.5) is 0 Å². The van der Waals surface area contributed by atoms with E-state index in [9.17, 15) is 13.5 Å². The molecule has 0 spiro atoms. The summed E-state index contributed by atoms with van der Waals surface area (Å²) in [7, 11) is -3.24. The zero-order chi connectivity index (χ0) is 11.5. The molecule has 5 heteroatoms. The van der Waals surface area contributed by atoms with E-state index in [0.29, 0.717) is 5.92 Å². The first-order chi connectivity index (χ1) is 6.67. The van der Waals surface area contributed by atoms with E-state index < -0.39 is 20.4 Å². The second-order valence-electron chi connectivity index (χ2n) is 5.76. The van der Waals surface area contributed by atoms with Gasteiger partial charge in [0.15, 0.2) is 0 Å². The second kappa shape index (κ2) is 2.96. The fraction of sp³-hybridized carbons (Fsp3) is 1.00. The van der Waals surface area contributed by atoms with Gasteiger partial charge in [-0.1, -0.05) is 0 Å². The van der Waals surface area contributed by atoms with E-state index >= 15 is 0 Å². The zero-order valence-electron chi connectivity index (χ0n) is 9.52. The summed E-state index contributed by atoms with van der Waals surface area (Å²) in [5.74, 6) is 0.337. The molecule has 0 unspecified atom stereocenters. The van der Waals surface area contributed by atoms with Crippen molar-refractivity contribution in [2.75, 3.05) is 13.1 Å². The van der Waals surface area contributed by atoms with Crippen molar-refractivity contribution in [3.8, 4) is 0 Å². The van der Waals surface area contributed by atoms with E-state index in [2.05, 4.69) is 0 Å². The summed E-state index contributed by atoms with van der Waals surface area (Å²) in [6.07, 6.45) is 2.08. The maximum absolute atomic E-state index is 12.0. The molecule has 2 rings (SSSR count). The summed E-state index contributed by atoms with van der Waals surface area (Å²) in [6, 6.07) is 0. The molecule has 1 heterocycles. The Hall–Kier alpha value is -0.130. The highest BCUT2D eigenvalue weighted by Crippen LogP contribution is 2.46. The van der Waals surface area contributed by atoms with Crippen molar-refractivity contribution in [3.05, 3.63) is 0 Å². The molecule has 1 saturated heterocycles. The van der Waals surface area contributed by atoms with E-state index in [4.69, 9.17) is 0 Å². The molecule has 0 amide bonds. The molecule has 0 bridgehead atoms. The third-order valence-electron chi connectivity index (χ3n) is 3.35. The van der Waals surface area contributed by atoms with Gasteiger partial charge >= 0.3 is 0 Å². The van der Waals surface area contributed by atoms with Crippen LogP contribution in [-0.2, 0) is 10.0 Å². The molecule has 88 valence electrons. The summed E-state index contributed by atoms with van der Waals surface area (Å²) in [4.78, 5) is 0. The Bertz CT molecular complexity index is 359. The van der Waals surface area contributed by atoms with Crippen LogP contribution in [0.1, 0.15) is 33.6 Å². The van der Waals surface area contributed by atoms with Gasteiger partial charge in [0.25, 0.3) is 0 Å². The first-order valence-corrected chi connectivity index (χ1v) is 6.83. The third kappa shape index (κ3) is 1.70. The first kappa shape index (κ1) is 11.4. The van der Waals surface area contributed by atoms with Crippen molar-refractivity contribution in [3.63, 3.8) is 0 Å². The van der Waals surface area contributed by atoms with Gasteiger partial charge in [-0.2, -0.15) is 4.31 Å². The van der Waals surface area contributed by atoms with Gasteiger partial charge in [0.2, 0.25) is 10.0 Å². The van der Waals surface area contributed by atoms with Gasteiger partial charge in [-0.25, -0.2) is 8.42 Å². The lowest BCUT2D eigenvalue weighted by molar-refractivity contribution is -0.0771. The van der Waals surface area contributed by atoms with Crippen LogP contribution >= 0.6 is 0 Å². The quantitative estimate of drug-likeness (QED) is 0.758. The van der Waals surface area contributed by atoms with Crippen LogP contribution in [0, 0.1) is 5.92 Å². The van der Waals surface area contributed by atoms with Gasteiger partial charge in [-0.3, -0.25) is 0 Å². The van der Waals surface area contributed by atoms with Crippen LogP contribution in [0.25, 0.3) is 0 Å². The smallest absolute Gasteiger partial charge is 0.219 e. The molecular formula is C10H19NO3S. The van der Waals surface area contributed by atoms with Gasteiger partial charge in [0, 0.05) is 13.1 Å². The Kier molecular flexibility index (Phi) is 2.24. The number of β-amino-alcohol motifs (C(OH)–C–C–N with tert-alkyl or cyclic N) is 1. The van der Waals surface area contributed by atoms with Crippen LogP contribution in [0.5, 0.6) is 0 Å². The van der Waals surface area contributed by atoms with Gasteiger partial charge < -0.3 is 5.11 Å². The van der Waals surface area contributed by atoms with Crippen molar-refractivity contribution < 1.29 is 13.5 Å². The largest absolute Gasteiger partial charge is 0.387 e. The molecule has 15 heavy (non-hydrogen) atoms. The maximum atomic E-state index is 12.0. The fourth-order valence-electron chi connectivity index (χ4n) is 2.00. The highest BCUT2D eigenvalue weighted by atomic mass is 32.2. The SMILES string of the molecule is CC(C)(C)S(=O)(=O)N1CC(O)(C2CC2)C1. The van der Waals surface area contributed by atoms with Gasteiger partial charge in [-0.05, 0) is 39.5 Å². The minimum atomic E-state index is -3.24. The normalized spacial score (nSPS) is 27.5. The monoisotopic (exact) mass is 233 g/mol. The molecule has 0 aromatic rings. The summed E-state index contributed by atoms with van der Waals surface area (Å²) in [6.45, 7) is 5.65. The predicted octanol–water partition coefficient (Wildman–Crippen LogP) is 0.571. The molecule has 2 fully saturated rings. The Morgan fingerprint density at radius 2 is 1.73 bits per heavy atom. The Morgan fingerprint density at radius 1 is 1.27 bits per heavy atom. The highest BCUT2D eigenvalue weighted by Gasteiger charge is 2.56. The van der Waals surface area contributed by atoms with E-state index in [-0.39, 0.29) is 13.1 Å². The minimum Gasteiger partial charge on any atom is -0.387 e. The van der Waals surface area contributed by atoms with Gasteiger partial charge in [0.1, 0.15) is 0 Å². The predicted molar refractivity (Wildman–Crippen MR) is 57.9 cm³/mol. The fourth-order valence-corrected chi connectivity index (χ4v) is 3.56. The third-order valence-corrected chi connectivity index (χ3v) is 5.84. The molecule has 1 aliphatic carbocycles. The lowest BCUT2D eigenvalue weighted by Gasteiger charge is -2.47. The molecule has 1 saturated carbocycles. The van der Waals surface area contributed by atoms with Crippen molar-refractivity contribution in [1.29, 1.82) is 0 Å². The molecule has 1 N–H and O–H groups in total. The van der Waals surface area contributed by atoms with Crippen molar-refractivity contribution in [2.24, 2.45) is 5.92 Å². The van der Waals surface area contributed by atoms with Crippen LogP contribution in [-0.4, -0.2) is 41.3 Å². The lowest BCUT2D eigenvalue weighted by Crippen LogP contribution is -2.66. The standard InChI is InChI=1S/C10H19NO3S/c1-9(2,3)15(13,14)11-6-10(12,7-11)8-4-5-8/h8,12H,4-7H2,1-3H3. The molecule has 0 radical (unpaired) electrons. The van der Waals surface area contributed by atoms with Crippen molar-refractivity contribution >= 4 is 10.0 Å². The average molecular weight is 233 g/mol. The van der Waals surface area contributed by atoms with E-state index in [1.807, 2.05) is 0 Å².